The van der Waals surface area contributed by atoms with E-state index in [1.165, 1.54) is 12.8 Å². The van der Waals surface area contributed by atoms with Crippen molar-refractivity contribution in [3.05, 3.63) is 53.6 Å². The van der Waals surface area contributed by atoms with Crippen molar-refractivity contribution in [2.24, 2.45) is 0 Å². The third-order valence-electron chi connectivity index (χ3n) is 4.21. The first-order chi connectivity index (χ1) is 10.8. The number of nitrogens with one attached hydrogen (secondary N) is 1. The lowest BCUT2D eigenvalue weighted by atomic mass is 10.1. The summed E-state index contributed by atoms with van der Waals surface area (Å²) in [4.78, 5) is 9.12. The highest BCUT2D eigenvalue weighted by molar-refractivity contribution is 5.35. The first-order valence-electron chi connectivity index (χ1n) is 8.00. The van der Waals surface area contributed by atoms with Gasteiger partial charge in [0.05, 0.1) is 18.5 Å². The van der Waals surface area contributed by atoms with Crippen molar-refractivity contribution < 1.29 is 4.74 Å². The average Bonchev–Trinajstić information content (AvgIpc) is 3.07. The average molecular weight is 297 g/mol. The van der Waals surface area contributed by atoms with Crippen molar-refractivity contribution in [2.75, 3.05) is 13.7 Å². The maximum Gasteiger partial charge on any atom is 0.122 e. The Hall–Kier alpha value is -1.94. The van der Waals surface area contributed by atoms with Gasteiger partial charge in [-0.25, -0.2) is 0 Å². The molecule has 0 aliphatic carbocycles. The zero-order valence-electron chi connectivity index (χ0n) is 13.1. The van der Waals surface area contributed by atoms with Crippen LogP contribution in [0.3, 0.4) is 0 Å². The SMILES string of the molecule is COc1ccccc1Cc1cncc(CC[C@H]2CCCN2)n1. The molecule has 0 radical (unpaired) electrons. The minimum atomic E-state index is 0.652. The van der Waals surface area contributed by atoms with Gasteiger partial charge in [0.2, 0.25) is 0 Å². The van der Waals surface area contributed by atoms with Gasteiger partial charge in [-0.2, -0.15) is 0 Å². The fourth-order valence-corrected chi connectivity index (χ4v) is 3.03. The summed E-state index contributed by atoms with van der Waals surface area (Å²) >= 11 is 0. The van der Waals surface area contributed by atoms with Crippen molar-refractivity contribution in [3.63, 3.8) is 0 Å². The lowest BCUT2D eigenvalue weighted by Gasteiger charge is -2.10. The molecule has 0 amide bonds. The summed E-state index contributed by atoms with van der Waals surface area (Å²) in [6.07, 6.45) is 9.21. The van der Waals surface area contributed by atoms with Gasteiger partial charge in [-0.15, -0.1) is 0 Å². The van der Waals surface area contributed by atoms with Gasteiger partial charge < -0.3 is 10.1 Å². The van der Waals surface area contributed by atoms with Crippen molar-refractivity contribution >= 4 is 0 Å². The number of aryl methyl sites for hydroxylation is 1. The van der Waals surface area contributed by atoms with Crippen molar-refractivity contribution in [2.45, 2.75) is 38.1 Å². The van der Waals surface area contributed by atoms with Crippen molar-refractivity contribution in [1.29, 1.82) is 0 Å². The molecule has 1 fully saturated rings. The van der Waals surface area contributed by atoms with E-state index in [0.29, 0.717) is 6.04 Å². The molecule has 0 saturated carbocycles. The smallest absolute Gasteiger partial charge is 0.122 e. The van der Waals surface area contributed by atoms with Gasteiger partial charge in [0.1, 0.15) is 5.75 Å². The normalized spacial score (nSPS) is 17.6. The van der Waals surface area contributed by atoms with Crippen LogP contribution in [0.15, 0.2) is 36.7 Å². The summed E-state index contributed by atoms with van der Waals surface area (Å²) in [5.74, 6) is 0.907. The molecule has 1 atom stereocenters. The second-order valence-corrected chi connectivity index (χ2v) is 5.82. The molecule has 0 bridgehead atoms. The van der Waals surface area contributed by atoms with E-state index < -0.39 is 0 Å². The van der Waals surface area contributed by atoms with E-state index in [1.54, 1.807) is 7.11 Å². The fraction of sp³-hybridized carbons (Fsp3) is 0.444. The van der Waals surface area contributed by atoms with Crippen LogP contribution in [0.1, 0.15) is 36.2 Å². The van der Waals surface area contributed by atoms with Crippen LogP contribution in [-0.2, 0) is 12.8 Å². The molecule has 4 heteroatoms. The molecule has 1 saturated heterocycles. The second-order valence-electron chi connectivity index (χ2n) is 5.82. The summed E-state index contributed by atoms with van der Waals surface area (Å²) in [7, 11) is 1.70. The van der Waals surface area contributed by atoms with Gasteiger partial charge in [-0.1, -0.05) is 18.2 Å². The molecule has 1 aliphatic heterocycles. The lowest BCUT2D eigenvalue weighted by Crippen LogP contribution is -2.21. The second kappa shape index (κ2) is 7.36. The topological polar surface area (TPSA) is 47.0 Å². The maximum atomic E-state index is 5.41. The van der Waals surface area contributed by atoms with Crippen LogP contribution < -0.4 is 10.1 Å². The predicted octanol–water partition coefficient (Wildman–Crippen LogP) is 2.76. The van der Waals surface area contributed by atoms with Crippen LogP contribution in [0, 0.1) is 0 Å². The molecule has 22 heavy (non-hydrogen) atoms. The predicted molar refractivity (Wildman–Crippen MR) is 87.2 cm³/mol. The van der Waals surface area contributed by atoms with Crippen LogP contribution in [0.5, 0.6) is 5.75 Å². The largest absolute Gasteiger partial charge is 0.496 e. The van der Waals surface area contributed by atoms with Crippen LogP contribution >= 0.6 is 0 Å². The number of methoxy groups -OCH3 is 1. The highest BCUT2D eigenvalue weighted by atomic mass is 16.5. The molecule has 1 aliphatic rings. The summed E-state index contributed by atoms with van der Waals surface area (Å²) in [6.45, 7) is 1.16. The molecule has 1 aromatic carbocycles. The molecular weight excluding hydrogens is 274 g/mol. The highest BCUT2D eigenvalue weighted by Crippen LogP contribution is 2.20. The number of aromatic nitrogens is 2. The zero-order valence-corrected chi connectivity index (χ0v) is 13.1. The van der Waals surface area contributed by atoms with Crippen LogP contribution in [0.25, 0.3) is 0 Å². The standard InChI is InChI=1S/C18H23N3O/c1-22-18-7-3-2-5-14(18)11-17-13-19-12-16(21-17)9-8-15-6-4-10-20-15/h2-3,5,7,12-13,15,20H,4,6,8-11H2,1H3/t15-/m1/s1. The van der Waals surface area contributed by atoms with Gasteiger partial charge in [0.25, 0.3) is 0 Å². The molecule has 2 heterocycles. The number of benzene rings is 1. The third-order valence-corrected chi connectivity index (χ3v) is 4.21. The molecular formula is C18H23N3O. The number of rotatable bonds is 6. The molecule has 4 nitrogen and oxygen atoms in total. The zero-order chi connectivity index (χ0) is 15.2. The van der Waals surface area contributed by atoms with Crippen LogP contribution in [0.4, 0.5) is 0 Å². The molecule has 3 rings (SSSR count). The molecule has 0 unspecified atom stereocenters. The molecule has 1 aromatic heterocycles. The van der Waals surface area contributed by atoms with Crippen LogP contribution in [-0.4, -0.2) is 29.7 Å². The molecule has 116 valence electrons. The number of para-hydroxylation sites is 1. The number of hydrogen-bond donors (Lipinski definition) is 1. The van der Waals surface area contributed by atoms with Gasteiger partial charge in [-0.05, 0) is 38.3 Å². The Morgan fingerprint density at radius 3 is 2.91 bits per heavy atom. The quantitative estimate of drug-likeness (QED) is 0.890. The number of ether oxygens (including phenoxy) is 1. The van der Waals surface area contributed by atoms with Crippen molar-refractivity contribution in [3.8, 4) is 5.75 Å². The first kappa shape index (κ1) is 15.0. The lowest BCUT2D eigenvalue weighted by molar-refractivity contribution is 0.410. The first-order valence-corrected chi connectivity index (χ1v) is 8.00. The summed E-state index contributed by atoms with van der Waals surface area (Å²) < 4.78 is 5.41. The van der Waals surface area contributed by atoms with E-state index >= 15 is 0 Å². The number of hydrogen-bond acceptors (Lipinski definition) is 4. The fourth-order valence-electron chi connectivity index (χ4n) is 3.03. The number of nitrogens with zero attached hydrogens (tertiary/aromatic N) is 2. The van der Waals surface area contributed by atoms with Gasteiger partial charge in [-0.3, -0.25) is 9.97 Å². The van der Waals surface area contributed by atoms with E-state index in [1.807, 2.05) is 30.6 Å². The monoisotopic (exact) mass is 297 g/mol. The van der Waals surface area contributed by atoms with E-state index in [9.17, 15) is 0 Å². The van der Waals surface area contributed by atoms with Gasteiger partial charge in [0, 0.05) is 30.4 Å². The minimum absolute atomic E-state index is 0.652. The van der Waals surface area contributed by atoms with Gasteiger partial charge in [0.15, 0.2) is 0 Å². The summed E-state index contributed by atoms with van der Waals surface area (Å²) in [5, 5.41) is 3.53. The van der Waals surface area contributed by atoms with Gasteiger partial charge >= 0.3 is 0 Å². The minimum Gasteiger partial charge on any atom is -0.496 e. The third kappa shape index (κ3) is 3.83. The van der Waals surface area contributed by atoms with E-state index in [-0.39, 0.29) is 0 Å². The molecule has 2 aromatic rings. The van der Waals surface area contributed by atoms with E-state index in [0.717, 1.165) is 48.5 Å². The summed E-state index contributed by atoms with van der Waals surface area (Å²) in [6, 6.07) is 8.73. The maximum absolute atomic E-state index is 5.41. The Kier molecular flexibility index (Phi) is 5.01. The molecule has 1 N–H and O–H groups in total. The van der Waals surface area contributed by atoms with Crippen molar-refractivity contribution in [1.82, 2.24) is 15.3 Å². The highest BCUT2D eigenvalue weighted by Gasteiger charge is 2.14. The Morgan fingerprint density at radius 2 is 2.09 bits per heavy atom. The Bertz CT molecular complexity index is 609. The Balaban J connectivity index is 1.65. The Morgan fingerprint density at radius 1 is 1.23 bits per heavy atom. The van der Waals surface area contributed by atoms with Crippen LogP contribution in [0.2, 0.25) is 0 Å². The summed E-state index contributed by atoms with van der Waals surface area (Å²) in [5.41, 5.74) is 3.23. The molecule has 0 spiro atoms. The van der Waals surface area contributed by atoms with E-state index in [4.69, 9.17) is 9.72 Å². The van der Waals surface area contributed by atoms with E-state index in [2.05, 4.69) is 16.4 Å². The Labute approximate surface area is 132 Å².